The molecule has 1 aliphatic heterocycles. The lowest BCUT2D eigenvalue weighted by molar-refractivity contribution is -0.340. The van der Waals surface area contributed by atoms with Gasteiger partial charge in [-0.15, -0.1) is 0 Å². The first-order chi connectivity index (χ1) is 16.6. The zero-order valence-electron chi connectivity index (χ0n) is 23.4. The molecule has 1 N–H and O–H groups in total. The van der Waals surface area contributed by atoms with Crippen molar-refractivity contribution in [3.63, 3.8) is 0 Å². The summed E-state index contributed by atoms with van der Waals surface area (Å²) in [7, 11) is -1.96. The highest BCUT2D eigenvalue weighted by Gasteiger charge is 2.68. The van der Waals surface area contributed by atoms with Crippen LogP contribution in [0.25, 0.3) is 0 Å². The number of hydrogen-bond donors (Lipinski definition) is 1. The van der Waals surface area contributed by atoms with Crippen LogP contribution in [0.2, 0.25) is 18.1 Å². The van der Waals surface area contributed by atoms with Crippen molar-refractivity contribution in [3.05, 3.63) is 0 Å². The zero-order chi connectivity index (χ0) is 25.3. The average molecular weight is 505 g/mol. The van der Waals surface area contributed by atoms with Gasteiger partial charge in [-0.05, 0) is 62.1 Å². The molecule has 5 heteroatoms. The van der Waals surface area contributed by atoms with Gasteiger partial charge in [0.05, 0.1) is 25.2 Å². The summed E-state index contributed by atoms with van der Waals surface area (Å²) in [5.41, 5.74) is 0. The summed E-state index contributed by atoms with van der Waals surface area (Å²) in [4.78, 5) is 0. The van der Waals surface area contributed by atoms with Gasteiger partial charge in [-0.2, -0.15) is 0 Å². The normalized spacial score (nSPS) is 34.8. The second kappa shape index (κ2) is 11.2. The van der Waals surface area contributed by atoms with Gasteiger partial charge in [0.25, 0.3) is 0 Å². The lowest BCUT2D eigenvalue weighted by Gasteiger charge is -2.62. The van der Waals surface area contributed by atoms with E-state index in [0.717, 1.165) is 25.7 Å². The fraction of sp³-hybridized carbons (Fsp3) is 0.933. The minimum absolute atomic E-state index is 0.00259. The zero-order valence-corrected chi connectivity index (χ0v) is 24.4. The van der Waals surface area contributed by atoms with Crippen LogP contribution in [0, 0.1) is 41.4 Å². The lowest BCUT2D eigenvalue weighted by Crippen LogP contribution is -2.67. The van der Waals surface area contributed by atoms with Crippen LogP contribution in [-0.4, -0.2) is 44.6 Å². The SMILES string of the molecule is CCCC1[C@H]2[C@H](C#C[C@H](O[Si](C)(C)C(C)(C)C)C3CCCCCCC3)[C@@H](O)CC[C@H]2C12OCCO2. The molecule has 3 saturated carbocycles. The van der Waals surface area contributed by atoms with Crippen LogP contribution in [0.1, 0.15) is 98.3 Å². The number of aliphatic hydroxyl groups is 1. The van der Waals surface area contributed by atoms with Crippen LogP contribution in [0.5, 0.6) is 0 Å². The maximum atomic E-state index is 11.2. The lowest BCUT2D eigenvalue weighted by atomic mass is 9.49. The molecular formula is C30H52O4Si. The molecular weight excluding hydrogens is 452 g/mol. The van der Waals surface area contributed by atoms with E-state index in [9.17, 15) is 5.11 Å². The Labute approximate surface area is 216 Å². The molecule has 4 fully saturated rings. The van der Waals surface area contributed by atoms with E-state index >= 15 is 0 Å². The second-order valence-corrected chi connectivity index (χ2v) is 18.1. The number of ether oxygens (including phenoxy) is 2. The summed E-state index contributed by atoms with van der Waals surface area (Å²) in [6.45, 7) is 15.3. The standard InChI is InChI=1S/C30H52O4Si/c1-7-13-24-28-23(26(31)18-17-25(28)30(24)32-20-21-33-30)16-19-27(34-35(5,6)29(2,3)4)22-14-11-9-8-10-12-15-22/h22-28,31H,7-15,17-18,20-21H2,1-6H3/t23-,24?,25-,26+,27+,28-/m1/s1. The first-order valence-electron chi connectivity index (χ1n) is 14.8. The molecule has 4 nitrogen and oxygen atoms in total. The molecule has 0 aromatic rings. The maximum absolute atomic E-state index is 11.2. The number of aliphatic hydroxyl groups excluding tert-OH is 1. The van der Waals surface area contributed by atoms with Gasteiger partial charge in [-0.1, -0.05) is 78.1 Å². The molecule has 1 spiro atoms. The Balaban J connectivity index is 1.60. The Hall–Kier alpha value is -0.383. The Morgan fingerprint density at radius 3 is 2.23 bits per heavy atom. The predicted octanol–water partition coefficient (Wildman–Crippen LogP) is 6.92. The minimum Gasteiger partial charge on any atom is -0.403 e. The smallest absolute Gasteiger partial charge is 0.193 e. The molecule has 4 rings (SSSR count). The van der Waals surface area contributed by atoms with Crippen molar-refractivity contribution >= 4 is 8.32 Å². The minimum atomic E-state index is -1.96. The third-order valence-electron chi connectivity index (χ3n) is 10.1. The van der Waals surface area contributed by atoms with E-state index in [-0.39, 0.29) is 23.2 Å². The van der Waals surface area contributed by atoms with Gasteiger partial charge in [0.15, 0.2) is 14.1 Å². The molecule has 0 aromatic carbocycles. The number of fused-ring (bicyclic) bond motifs is 2. The van der Waals surface area contributed by atoms with Gasteiger partial charge in [0.2, 0.25) is 0 Å². The molecule has 0 aromatic heterocycles. The van der Waals surface area contributed by atoms with Gasteiger partial charge in [-0.25, -0.2) is 0 Å². The molecule has 35 heavy (non-hydrogen) atoms. The van der Waals surface area contributed by atoms with Crippen molar-refractivity contribution in [1.82, 2.24) is 0 Å². The average Bonchev–Trinajstić information content (AvgIpc) is 3.27. The molecule has 3 aliphatic carbocycles. The molecule has 6 atom stereocenters. The third-order valence-corrected chi connectivity index (χ3v) is 14.6. The first kappa shape index (κ1) is 27.6. The predicted molar refractivity (Wildman–Crippen MR) is 144 cm³/mol. The third kappa shape index (κ3) is 5.58. The fourth-order valence-corrected chi connectivity index (χ4v) is 8.37. The summed E-state index contributed by atoms with van der Waals surface area (Å²) < 4.78 is 19.6. The van der Waals surface area contributed by atoms with E-state index in [2.05, 4.69) is 52.6 Å². The van der Waals surface area contributed by atoms with E-state index in [1.165, 1.54) is 44.9 Å². The highest BCUT2D eigenvalue weighted by atomic mass is 28.4. The second-order valence-electron chi connectivity index (χ2n) is 13.4. The Kier molecular flexibility index (Phi) is 8.81. The Morgan fingerprint density at radius 2 is 1.63 bits per heavy atom. The monoisotopic (exact) mass is 504 g/mol. The van der Waals surface area contributed by atoms with E-state index in [1.54, 1.807) is 0 Å². The van der Waals surface area contributed by atoms with Crippen LogP contribution < -0.4 is 0 Å². The van der Waals surface area contributed by atoms with Crippen molar-refractivity contribution in [2.45, 2.75) is 134 Å². The van der Waals surface area contributed by atoms with Crippen molar-refractivity contribution in [2.75, 3.05) is 13.2 Å². The first-order valence-corrected chi connectivity index (χ1v) is 17.7. The van der Waals surface area contributed by atoms with Gasteiger partial charge >= 0.3 is 0 Å². The summed E-state index contributed by atoms with van der Waals surface area (Å²) in [6.07, 6.45) is 12.7. The topological polar surface area (TPSA) is 47.9 Å². The van der Waals surface area contributed by atoms with Crippen LogP contribution in [-0.2, 0) is 13.9 Å². The van der Waals surface area contributed by atoms with E-state index in [1.807, 2.05) is 0 Å². The number of rotatable bonds is 5. The van der Waals surface area contributed by atoms with Gasteiger partial charge < -0.3 is 19.0 Å². The summed E-state index contributed by atoms with van der Waals surface area (Å²) in [5.74, 6) is 8.59. The van der Waals surface area contributed by atoms with Crippen molar-refractivity contribution in [1.29, 1.82) is 0 Å². The summed E-state index contributed by atoms with van der Waals surface area (Å²) >= 11 is 0. The molecule has 0 bridgehead atoms. The van der Waals surface area contributed by atoms with E-state index in [4.69, 9.17) is 13.9 Å². The molecule has 4 aliphatic rings. The van der Waals surface area contributed by atoms with Crippen molar-refractivity contribution < 1.29 is 19.0 Å². The van der Waals surface area contributed by atoms with E-state index in [0.29, 0.717) is 36.9 Å². The molecule has 1 saturated heterocycles. The highest BCUT2D eigenvalue weighted by Crippen LogP contribution is 2.62. The molecule has 200 valence electrons. The Morgan fingerprint density at radius 1 is 1.00 bits per heavy atom. The maximum Gasteiger partial charge on any atom is 0.193 e. The highest BCUT2D eigenvalue weighted by molar-refractivity contribution is 6.74. The number of hydrogen-bond acceptors (Lipinski definition) is 4. The van der Waals surface area contributed by atoms with E-state index < -0.39 is 14.1 Å². The summed E-state index contributed by atoms with van der Waals surface area (Å²) in [5, 5.41) is 11.3. The molecule has 1 heterocycles. The van der Waals surface area contributed by atoms with Crippen LogP contribution in [0.4, 0.5) is 0 Å². The summed E-state index contributed by atoms with van der Waals surface area (Å²) in [6, 6.07) is 0. The molecule has 0 radical (unpaired) electrons. The Bertz CT molecular complexity index is 749. The largest absolute Gasteiger partial charge is 0.403 e. The van der Waals surface area contributed by atoms with Gasteiger partial charge in [-0.3, -0.25) is 0 Å². The van der Waals surface area contributed by atoms with Crippen molar-refractivity contribution in [3.8, 4) is 11.8 Å². The van der Waals surface area contributed by atoms with Crippen LogP contribution in [0.3, 0.4) is 0 Å². The molecule has 0 amide bonds. The fourth-order valence-electron chi connectivity index (χ4n) is 7.13. The van der Waals surface area contributed by atoms with Crippen molar-refractivity contribution in [2.24, 2.45) is 29.6 Å². The van der Waals surface area contributed by atoms with Crippen LogP contribution >= 0.6 is 0 Å². The van der Waals surface area contributed by atoms with Gasteiger partial charge in [0.1, 0.15) is 6.10 Å². The van der Waals surface area contributed by atoms with Gasteiger partial charge in [0, 0.05) is 11.8 Å². The van der Waals surface area contributed by atoms with Crippen LogP contribution in [0.15, 0.2) is 0 Å². The molecule has 1 unspecified atom stereocenters. The quantitative estimate of drug-likeness (QED) is 0.326.